The lowest BCUT2D eigenvalue weighted by molar-refractivity contribution is 0.0696. The number of carbonyl (C=O) groups excluding carboxylic acids is 1. The number of anilines is 1. The van der Waals surface area contributed by atoms with Crippen LogP contribution in [0.3, 0.4) is 0 Å². The second-order valence-electron chi connectivity index (χ2n) is 5.69. The Kier molecular flexibility index (Phi) is 4.13. The van der Waals surface area contributed by atoms with Crippen LogP contribution in [0.25, 0.3) is 10.2 Å². The molecular weight excluding hydrogens is 342 g/mol. The van der Waals surface area contributed by atoms with E-state index < -0.39 is 11.9 Å². The van der Waals surface area contributed by atoms with E-state index in [1.807, 2.05) is 0 Å². The molecule has 1 aromatic carbocycles. The molecule has 0 saturated heterocycles. The first kappa shape index (κ1) is 16.8. The zero-order valence-electron chi connectivity index (χ0n) is 13.8. The number of aryl methyl sites for hydroxylation is 3. The Morgan fingerprint density at radius 2 is 2.00 bits per heavy atom. The van der Waals surface area contributed by atoms with Gasteiger partial charge in [0.05, 0.1) is 22.2 Å². The summed E-state index contributed by atoms with van der Waals surface area (Å²) < 4.78 is 1.37. The number of thiophene rings is 1. The number of rotatable bonds is 3. The molecule has 0 radical (unpaired) electrons. The van der Waals surface area contributed by atoms with Gasteiger partial charge in [0.2, 0.25) is 0 Å². The molecule has 0 saturated carbocycles. The second-order valence-corrected chi connectivity index (χ2v) is 6.69. The molecule has 3 aromatic rings. The number of amides is 1. The fourth-order valence-electron chi connectivity index (χ4n) is 2.49. The minimum Gasteiger partial charge on any atom is -0.478 e. The third-order valence-electron chi connectivity index (χ3n) is 3.95. The van der Waals surface area contributed by atoms with Crippen LogP contribution in [-0.2, 0) is 7.05 Å². The number of hydrogen-bond acceptors (Lipinski definition) is 5. The van der Waals surface area contributed by atoms with Crippen molar-refractivity contribution < 1.29 is 14.7 Å². The molecule has 0 aliphatic carbocycles. The van der Waals surface area contributed by atoms with Crippen LogP contribution in [0.15, 0.2) is 29.3 Å². The van der Waals surface area contributed by atoms with E-state index in [9.17, 15) is 14.4 Å². The molecule has 0 unspecified atom stereocenters. The summed E-state index contributed by atoms with van der Waals surface area (Å²) in [5, 5.41) is 12.2. The van der Waals surface area contributed by atoms with Crippen molar-refractivity contribution in [2.75, 3.05) is 5.32 Å². The maximum atomic E-state index is 12.6. The molecule has 3 rings (SSSR count). The number of carboxylic acids is 1. The lowest BCUT2D eigenvalue weighted by atomic mass is 10.1. The van der Waals surface area contributed by atoms with Gasteiger partial charge in [0, 0.05) is 12.7 Å². The molecule has 0 atom stereocenters. The number of aromatic carboxylic acids is 1. The van der Waals surface area contributed by atoms with Crippen molar-refractivity contribution in [3.05, 3.63) is 56.4 Å². The Bertz CT molecular complexity index is 1080. The Morgan fingerprint density at radius 3 is 2.68 bits per heavy atom. The molecule has 1 amide bonds. The lowest BCUT2D eigenvalue weighted by Gasteiger charge is -2.09. The highest BCUT2D eigenvalue weighted by Gasteiger charge is 2.20. The van der Waals surface area contributed by atoms with Gasteiger partial charge in [0.1, 0.15) is 4.83 Å². The average molecular weight is 357 g/mol. The van der Waals surface area contributed by atoms with Gasteiger partial charge < -0.3 is 15.0 Å². The van der Waals surface area contributed by atoms with Gasteiger partial charge in [-0.3, -0.25) is 9.59 Å². The van der Waals surface area contributed by atoms with E-state index in [0.717, 1.165) is 16.9 Å². The van der Waals surface area contributed by atoms with E-state index in [4.69, 9.17) is 5.11 Å². The van der Waals surface area contributed by atoms with E-state index in [1.54, 1.807) is 27.0 Å². The van der Waals surface area contributed by atoms with Gasteiger partial charge in [-0.1, -0.05) is 6.07 Å². The van der Waals surface area contributed by atoms with E-state index in [1.165, 1.54) is 23.0 Å². The highest BCUT2D eigenvalue weighted by molar-refractivity contribution is 7.20. The quantitative estimate of drug-likeness (QED) is 0.750. The Morgan fingerprint density at radius 1 is 1.28 bits per heavy atom. The van der Waals surface area contributed by atoms with Crippen molar-refractivity contribution in [1.82, 2.24) is 9.55 Å². The Balaban J connectivity index is 2.03. The third kappa shape index (κ3) is 2.91. The number of carbonyl (C=O) groups is 2. The van der Waals surface area contributed by atoms with Crippen molar-refractivity contribution in [3.63, 3.8) is 0 Å². The van der Waals surface area contributed by atoms with Crippen LogP contribution in [-0.4, -0.2) is 26.5 Å². The molecule has 0 spiro atoms. The minimum absolute atomic E-state index is 0.0875. The van der Waals surface area contributed by atoms with Crippen molar-refractivity contribution in [2.45, 2.75) is 13.8 Å². The normalized spacial score (nSPS) is 10.8. The van der Waals surface area contributed by atoms with Gasteiger partial charge in [-0.2, -0.15) is 0 Å². The summed E-state index contributed by atoms with van der Waals surface area (Å²) in [5.74, 6) is -1.46. The first-order chi connectivity index (χ1) is 11.8. The number of fused-ring (bicyclic) bond motifs is 1. The molecule has 0 aliphatic rings. The molecule has 2 N–H and O–H groups in total. The SMILES string of the molecule is Cc1ccc(C(=O)O)cc1NC(=O)c1sc2ncn(C)c(=O)c2c1C. The molecule has 7 nitrogen and oxygen atoms in total. The predicted octanol–water partition coefficient (Wildman–Crippen LogP) is 2.56. The maximum Gasteiger partial charge on any atom is 0.335 e. The highest BCUT2D eigenvalue weighted by atomic mass is 32.1. The second kappa shape index (κ2) is 6.14. The number of hydrogen-bond donors (Lipinski definition) is 2. The fraction of sp³-hybridized carbons (Fsp3) is 0.176. The molecule has 0 bridgehead atoms. The monoisotopic (exact) mass is 357 g/mol. The number of nitrogens with one attached hydrogen (secondary N) is 1. The first-order valence-corrected chi connectivity index (χ1v) is 8.21. The first-order valence-electron chi connectivity index (χ1n) is 7.39. The summed E-state index contributed by atoms with van der Waals surface area (Å²) in [6.45, 7) is 3.48. The van der Waals surface area contributed by atoms with E-state index in [2.05, 4.69) is 10.3 Å². The highest BCUT2D eigenvalue weighted by Crippen LogP contribution is 2.28. The lowest BCUT2D eigenvalue weighted by Crippen LogP contribution is -2.17. The standard InChI is InChI=1S/C17H15N3O4S/c1-8-4-5-10(17(23)24)6-11(8)19-14(21)13-9(2)12-15(25-13)18-7-20(3)16(12)22/h4-7H,1-3H3,(H,19,21)(H,23,24). The number of aromatic nitrogens is 2. The van der Waals surface area contributed by atoms with Crippen LogP contribution in [0.5, 0.6) is 0 Å². The zero-order valence-corrected chi connectivity index (χ0v) is 14.6. The summed E-state index contributed by atoms with van der Waals surface area (Å²) in [6, 6.07) is 4.52. The molecule has 2 heterocycles. The van der Waals surface area contributed by atoms with Crippen LogP contribution in [0.1, 0.15) is 31.2 Å². The summed E-state index contributed by atoms with van der Waals surface area (Å²) in [5.41, 5.74) is 1.61. The van der Waals surface area contributed by atoms with Gasteiger partial charge in [-0.15, -0.1) is 11.3 Å². The molecule has 8 heteroatoms. The minimum atomic E-state index is -1.07. The third-order valence-corrected chi connectivity index (χ3v) is 5.15. The summed E-state index contributed by atoms with van der Waals surface area (Å²) in [4.78, 5) is 41.1. The van der Waals surface area contributed by atoms with Crippen molar-refractivity contribution in [2.24, 2.45) is 7.05 Å². The van der Waals surface area contributed by atoms with E-state index in [-0.39, 0.29) is 11.1 Å². The number of nitrogens with zero attached hydrogens (tertiary/aromatic N) is 2. The van der Waals surface area contributed by atoms with Crippen molar-refractivity contribution >= 4 is 39.1 Å². The zero-order chi connectivity index (χ0) is 18.3. The van der Waals surface area contributed by atoms with Gasteiger partial charge in [-0.25, -0.2) is 9.78 Å². The van der Waals surface area contributed by atoms with Crippen molar-refractivity contribution in [1.29, 1.82) is 0 Å². The maximum absolute atomic E-state index is 12.6. The molecule has 128 valence electrons. The number of benzene rings is 1. The smallest absolute Gasteiger partial charge is 0.335 e. The van der Waals surface area contributed by atoms with E-state index >= 15 is 0 Å². The topological polar surface area (TPSA) is 101 Å². The summed E-state index contributed by atoms with van der Waals surface area (Å²) in [7, 11) is 1.60. The molecule has 0 fully saturated rings. The average Bonchev–Trinajstić information content (AvgIpc) is 2.90. The summed E-state index contributed by atoms with van der Waals surface area (Å²) >= 11 is 1.14. The molecular formula is C17H15N3O4S. The van der Waals surface area contributed by atoms with Gasteiger partial charge >= 0.3 is 5.97 Å². The van der Waals surface area contributed by atoms with Crippen LogP contribution < -0.4 is 10.9 Å². The van der Waals surface area contributed by atoms with Gasteiger partial charge in [0.25, 0.3) is 11.5 Å². The van der Waals surface area contributed by atoms with Crippen molar-refractivity contribution in [3.8, 4) is 0 Å². The summed E-state index contributed by atoms with van der Waals surface area (Å²) in [6.07, 6.45) is 1.42. The Hall–Kier alpha value is -3.00. The van der Waals surface area contributed by atoms with Gasteiger partial charge in [0.15, 0.2) is 0 Å². The fourth-order valence-corrected chi connectivity index (χ4v) is 3.53. The van der Waals surface area contributed by atoms with Crippen LogP contribution in [0, 0.1) is 13.8 Å². The van der Waals surface area contributed by atoms with Crippen LogP contribution in [0.2, 0.25) is 0 Å². The van der Waals surface area contributed by atoms with Crippen LogP contribution >= 0.6 is 11.3 Å². The predicted molar refractivity (Wildman–Crippen MR) is 95.7 cm³/mol. The largest absolute Gasteiger partial charge is 0.478 e. The number of carboxylic acid groups (broad SMARTS) is 1. The molecule has 0 aliphatic heterocycles. The Labute approximate surface area is 146 Å². The van der Waals surface area contributed by atoms with Gasteiger partial charge in [-0.05, 0) is 37.1 Å². The molecule has 25 heavy (non-hydrogen) atoms. The van der Waals surface area contributed by atoms with Crippen LogP contribution in [0.4, 0.5) is 5.69 Å². The van der Waals surface area contributed by atoms with E-state index in [0.29, 0.717) is 26.3 Å². The molecule has 2 aromatic heterocycles.